The quantitative estimate of drug-likeness (QED) is 0.307. The van der Waals surface area contributed by atoms with E-state index in [0.717, 1.165) is 22.2 Å². The summed E-state index contributed by atoms with van der Waals surface area (Å²) in [5.74, 6) is 1.80. The lowest BCUT2D eigenvalue weighted by Crippen LogP contribution is -2.00. The number of halogens is 1. The van der Waals surface area contributed by atoms with Crippen LogP contribution < -0.4 is 9.47 Å². The first kappa shape index (κ1) is 22.4. The van der Waals surface area contributed by atoms with E-state index in [2.05, 4.69) is 36.0 Å². The highest BCUT2D eigenvalue weighted by Crippen LogP contribution is 2.31. The molecule has 4 rings (SSSR count). The molecule has 1 N–H and O–H groups in total. The zero-order valence-corrected chi connectivity index (χ0v) is 19.5. The van der Waals surface area contributed by atoms with Crippen molar-refractivity contribution >= 4 is 34.3 Å². The number of hydrogen-bond acceptors (Lipinski definition) is 4. The Bertz CT molecular complexity index is 1330. The van der Waals surface area contributed by atoms with Crippen molar-refractivity contribution in [1.82, 2.24) is 9.97 Å². The second kappa shape index (κ2) is 9.81. The van der Waals surface area contributed by atoms with Crippen molar-refractivity contribution in [3.05, 3.63) is 87.7 Å². The summed E-state index contributed by atoms with van der Waals surface area (Å²) >= 11 is 5.95. The summed E-state index contributed by atoms with van der Waals surface area (Å²) in [6, 6.07) is 19.5. The van der Waals surface area contributed by atoms with E-state index < -0.39 is 0 Å². The van der Waals surface area contributed by atoms with Gasteiger partial charge in [0.05, 0.1) is 23.2 Å². The number of nitrogens with zero attached hydrogens (tertiary/aromatic N) is 2. The Balaban J connectivity index is 1.61. The summed E-state index contributed by atoms with van der Waals surface area (Å²) in [7, 11) is 0. The van der Waals surface area contributed by atoms with Crippen molar-refractivity contribution in [3.8, 4) is 17.6 Å². The fourth-order valence-electron chi connectivity index (χ4n) is 3.46. The lowest BCUT2D eigenvalue weighted by Gasteiger charge is -2.13. The first-order valence-corrected chi connectivity index (χ1v) is 11.1. The van der Waals surface area contributed by atoms with Crippen molar-refractivity contribution in [2.24, 2.45) is 0 Å². The maximum absolute atomic E-state index is 9.79. The molecular weight excluding hydrogens is 434 g/mol. The highest BCUT2D eigenvalue weighted by Gasteiger charge is 2.11. The molecule has 0 atom stereocenters. The molecule has 1 heterocycles. The van der Waals surface area contributed by atoms with Gasteiger partial charge in [-0.2, -0.15) is 5.26 Å². The van der Waals surface area contributed by atoms with E-state index in [-0.39, 0.29) is 0 Å². The van der Waals surface area contributed by atoms with E-state index in [4.69, 9.17) is 21.1 Å². The fraction of sp³-hybridized carbons (Fsp3) is 0.185. The minimum Gasteiger partial charge on any atom is -0.490 e. The number of nitriles is 1. The Morgan fingerprint density at radius 1 is 1.03 bits per heavy atom. The predicted molar refractivity (Wildman–Crippen MR) is 132 cm³/mol. The number of rotatable bonds is 7. The minimum absolute atomic E-state index is 0.397. The van der Waals surface area contributed by atoms with Crippen LogP contribution in [0, 0.1) is 25.2 Å². The van der Waals surface area contributed by atoms with E-state index in [1.54, 1.807) is 6.08 Å². The Kier molecular flexibility index (Phi) is 6.67. The summed E-state index contributed by atoms with van der Waals surface area (Å²) in [6.45, 7) is 6.92. The maximum atomic E-state index is 9.79. The van der Waals surface area contributed by atoms with Gasteiger partial charge in [-0.1, -0.05) is 29.8 Å². The average Bonchev–Trinajstić information content (AvgIpc) is 3.20. The number of ether oxygens (including phenoxy) is 2. The van der Waals surface area contributed by atoms with E-state index in [1.165, 1.54) is 11.1 Å². The Morgan fingerprint density at radius 3 is 2.52 bits per heavy atom. The van der Waals surface area contributed by atoms with Crippen molar-refractivity contribution < 1.29 is 9.47 Å². The standard InChI is InChI=1S/C27H24ClN3O2/c1-4-32-26-14-20(7-10-25(26)33-16-19-5-8-22(28)9-6-19)13-21(15-29)27-30-23-11-17(2)18(3)12-24(23)31-27/h5-14H,4,16H2,1-3H3,(H,30,31)/b21-13+. The highest BCUT2D eigenvalue weighted by molar-refractivity contribution is 6.30. The second-order valence-electron chi connectivity index (χ2n) is 7.76. The van der Waals surface area contributed by atoms with E-state index >= 15 is 0 Å². The van der Waals surface area contributed by atoms with E-state index in [1.807, 2.05) is 55.5 Å². The third kappa shape index (κ3) is 5.19. The molecule has 33 heavy (non-hydrogen) atoms. The lowest BCUT2D eigenvalue weighted by atomic mass is 10.1. The zero-order valence-electron chi connectivity index (χ0n) is 18.8. The van der Waals surface area contributed by atoms with Gasteiger partial charge in [0.25, 0.3) is 0 Å². The van der Waals surface area contributed by atoms with Gasteiger partial charge >= 0.3 is 0 Å². The number of aromatic nitrogens is 2. The van der Waals surface area contributed by atoms with Crippen LogP contribution in [0.25, 0.3) is 22.7 Å². The number of allylic oxidation sites excluding steroid dienone is 1. The largest absolute Gasteiger partial charge is 0.490 e. The summed E-state index contributed by atoms with van der Waals surface area (Å²) in [5.41, 5.74) is 6.37. The molecule has 0 radical (unpaired) electrons. The van der Waals surface area contributed by atoms with Crippen LogP contribution in [0.2, 0.25) is 5.02 Å². The highest BCUT2D eigenvalue weighted by atomic mass is 35.5. The van der Waals surface area contributed by atoms with Gasteiger partial charge in [-0.3, -0.25) is 0 Å². The zero-order chi connectivity index (χ0) is 23.4. The number of hydrogen-bond donors (Lipinski definition) is 1. The maximum Gasteiger partial charge on any atom is 0.161 e. The molecule has 0 saturated heterocycles. The molecule has 5 nitrogen and oxygen atoms in total. The van der Waals surface area contributed by atoms with Gasteiger partial charge in [0, 0.05) is 5.02 Å². The first-order chi connectivity index (χ1) is 16.0. The molecule has 0 saturated carbocycles. The molecule has 0 aliphatic carbocycles. The van der Waals surface area contributed by atoms with Gasteiger partial charge in [0.1, 0.15) is 18.5 Å². The van der Waals surface area contributed by atoms with Crippen molar-refractivity contribution in [2.75, 3.05) is 6.61 Å². The summed E-state index contributed by atoms with van der Waals surface area (Å²) in [5, 5.41) is 10.5. The monoisotopic (exact) mass is 457 g/mol. The van der Waals surface area contributed by atoms with Crippen LogP contribution in [0.1, 0.15) is 35.0 Å². The average molecular weight is 458 g/mol. The van der Waals surface area contributed by atoms with Crippen LogP contribution in [0.3, 0.4) is 0 Å². The van der Waals surface area contributed by atoms with Crippen LogP contribution in [-0.2, 0) is 6.61 Å². The molecule has 6 heteroatoms. The molecule has 0 fully saturated rings. The number of imidazole rings is 1. The number of aryl methyl sites for hydroxylation is 2. The number of aromatic amines is 1. The summed E-state index contributed by atoms with van der Waals surface area (Å²) in [6.07, 6.45) is 1.79. The van der Waals surface area contributed by atoms with Gasteiger partial charge < -0.3 is 14.5 Å². The van der Waals surface area contributed by atoms with Gasteiger partial charge in [0.15, 0.2) is 11.5 Å². The third-order valence-electron chi connectivity index (χ3n) is 5.36. The molecule has 0 unspecified atom stereocenters. The van der Waals surface area contributed by atoms with Crippen LogP contribution in [-0.4, -0.2) is 16.6 Å². The summed E-state index contributed by atoms with van der Waals surface area (Å²) in [4.78, 5) is 7.88. The predicted octanol–water partition coefficient (Wildman–Crippen LogP) is 6.88. The number of fused-ring (bicyclic) bond motifs is 1. The van der Waals surface area contributed by atoms with Gasteiger partial charge in [-0.15, -0.1) is 0 Å². The van der Waals surface area contributed by atoms with E-state index in [9.17, 15) is 5.26 Å². The fourth-order valence-corrected chi connectivity index (χ4v) is 3.59. The van der Waals surface area contributed by atoms with Crippen molar-refractivity contribution in [2.45, 2.75) is 27.4 Å². The van der Waals surface area contributed by atoms with E-state index in [0.29, 0.717) is 41.1 Å². The number of benzene rings is 3. The molecule has 3 aromatic carbocycles. The molecular formula is C27H24ClN3O2. The topological polar surface area (TPSA) is 70.9 Å². The molecule has 0 aliphatic heterocycles. The molecule has 0 spiro atoms. The molecule has 0 aliphatic rings. The molecule has 166 valence electrons. The van der Waals surface area contributed by atoms with Crippen LogP contribution in [0.5, 0.6) is 11.5 Å². The normalized spacial score (nSPS) is 11.4. The summed E-state index contributed by atoms with van der Waals surface area (Å²) < 4.78 is 11.8. The van der Waals surface area contributed by atoms with Gasteiger partial charge in [0.2, 0.25) is 0 Å². The number of nitrogens with one attached hydrogen (secondary N) is 1. The van der Waals surface area contributed by atoms with Crippen molar-refractivity contribution in [1.29, 1.82) is 5.26 Å². The first-order valence-electron chi connectivity index (χ1n) is 10.7. The molecule has 1 aromatic heterocycles. The van der Waals surface area contributed by atoms with Crippen molar-refractivity contribution in [3.63, 3.8) is 0 Å². The van der Waals surface area contributed by atoms with Crippen LogP contribution in [0.4, 0.5) is 0 Å². The van der Waals surface area contributed by atoms with Gasteiger partial charge in [-0.05, 0) is 85.5 Å². The second-order valence-corrected chi connectivity index (χ2v) is 8.20. The van der Waals surface area contributed by atoms with Gasteiger partial charge in [-0.25, -0.2) is 4.98 Å². The lowest BCUT2D eigenvalue weighted by molar-refractivity contribution is 0.269. The van der Waals surface area contributed by atoms with Crippen LogP contribution >= 0.6 is 11.6 Å². The third-order valence-corrected chi connectivity index (χ3v) is 5.61. The van der Waals surface area contributed by atoms with Crippen LogP contribution in [0.15, 0.2) is 54.6 Å². The SMILES string of the molecule is CCOc1cc(/C=C(\C#N)c2nc3cc(C)c(C)cc3[nH]2)ccc1OCc1ccc(Cl)cc1. The molecule has 4 aromatic rings. The minimum atomic E-state index is 0.397. The number of H-pyrrole nitrogens is 1. The Hall–Kier alpha value is -3.75. The molecule has 0 amide bonds. The smallest absolute Gasteiger partial charge is 0.161 e. The Morgan fingerprint density at radius 2 is 1.79 bits per heavy atom. The molecule has 0 bridgehead atoms. The Labute approximate surface area is 198 Å².